The number of para-hydroxylation sites is 1. The van der Waals surface area contributed by atoms with Crippen molar-refractivity contribution in [1.29, 1.82) is 5.26 Å². The minimum absolute atomic E-state index is 0.328. The van der Waals surface area contributed by atoms with E-state index in [2.05, 4.69) is 15.6 Å². The molecular formula is C15H13ClN4O. The van der Waals surface area contributed by atoms with Crippen LogP contribution in [0.3, 0.4) is 0 Å². The van der Waals surface area contributed by atoms with Gasteiger partial charge in [-0.25, -0.2) is 4.98 Å². The number of halogens is 1. The molecule has 0 unspecified atom stereocenters. The molecule has 2 rings (SSSR count). The van der Waals surface area contributed by atoms with Crippen LogP contribution in [0.25, 0.3) is 0 Å². The zero-order chi connectivity index (χ0) is 15.2. The van der Waals surface area contributed by atoms with Crippen molar-refractivity contribution in [3.63, 3.8) is 0 Å². The fraction of sp³-hybridized carbons (Fsp3) is 0.133. The van der Waals surface area contributed by atoms with E-state index in [9.17, 15) is 4.79 Å². The first kappa shape index (κ1) is 14.8. The summed E-state index contributed by atoms with van der Waals surface area (Å²) in [6, 6.07) is 10.3. The van der Waals surface area contributed by atoms with Crippen LogP contribution in [0.1, 0.15) is 22.8 Å². The number of benzene rings is 1. The van der Waals surface area contributed by atoms with Crippen LogP contribution in [0.5, 0.6) is 0 Å². The van der Waals surface area contributed by atoms with Crippen LogP contribution in [-0.2, 0) is 0 Å². The van der Waals surface area contributed by atoms with Gasteiger partial charge < -0.3 is 10.6 Å². The van der Waals surface area contributed by atoms with Crippen molar-refractivity contribution in [2.75, 3.05) is 17.2 Å². The molecule has 0 aliphatic rings. The number of carbonyl (C=O) groups is 1. The fourth-order valence-corrected chi connectivity index (χ4v) is 1.98. The maximum atomic E-state index is 12.2. The first-order chi connectivity index (χ1) is 10.2. The normalized spacial score (nSPS) is 9.76. The zero-order valence-corrected chi connectivity index (χ0v) is 12.1. The molecule has 0 aliphatic heterocycles. The maximum absolute atomic E-state index is 12.2. The number of hydrogen-bond acceptors (Lipinski definition) is 4. The maximum Gasteiger partial charge on any atom is 0.257 e. The summed E-state index contributed by atoms with van der Waals surface area (Å²) in [6.07, 6.45) is 1.44. The number of nitrogens with one attached hydrogen (secondary N) is 2. The molecule has 0 atom stereocenters. The lowest BCUT2D eigenvalue weighted by atomic mass is 10.2. The zero-order valence-electron chi connectivity index (χ0n) is 11.4. The minimum atomic E-state index is -0.366. The quantitative estimate of drug-likeness (QED) is 0.908. The number of carbonyl (C=O) groups excluding carboxylic acids is 1. The van der Waals surface area contributed by atoms with E-state index >= 15 is 0 Å². The number of amides is 1. The Labute approximate surface area is 127 Å². The molecule has 1 heterocycles. The number of hydrogen-bond donors (Lipinski definition) is 2. The van der Waals surface area contributed by atoms with Gasteiger partial charge in [0.05, 0.1) is 21.8 Å². The number of nitriles is 1. The average Bonchev–Trinajstić information content (AvgIpc) is 2.50. The van der Waals surface area contributed by atoms with Crippen LogP contribution >= 0.6 is 11.6 Å². The summed E-state index contributed by atoms with van der Waals surface area (Å²) < 4.78 is 0. The second-order valence-corrected chi connectivity index (χ2v) is 4.60. The van der Waals surface area contributed by atoms with Gasteiger partial charge in [-0.3, -0.25) is 4.79 Å². The molecule has 6 heteroatoms. The molecule has 1 amide bonds. The van der Waals surface area contributed by atoms with E-state index in [0.717, 1.165) is 0 Å². The Morgan fingerprint density at radius 1 is 1.43 bits per heavy atom. The molecule has 0 spiro atoms. The van der Waals surface area contributed by atoms with E-state index in [4.69, 9.17) is 16.9 Å². The third kappa shape index (κ3) is 3.50. The van der Waals surface area contributed by atoms with Crippen molar-refractivity contribution in [3.8, 4) is 6.07 Å². The lowest BCUT2D eigenvalue weighted by Crippen LogP contribution is -2.13. The molecule has 0 saturated heterocycles. The first-order valence-corrected chi connectivity index (χ1v) is 6.73. The van der Waals surface area contributed by atoms with Gasteiger partial charge in [0.1, 0.15) is 11.9 Å². The molecular weight excluding hydrogens is 288 g/mol. The van der Waals surface area contributed by atoms with Crippen molar-refractivity contribution in [2.45, 2.75) is 6.92 Å². The molecule has 21 heavy (non-hydrogen) atoms. The van der Waals surface area contributed by atoms with Gasteiger partial charge in [0.25, 0.3) is 5.91 Å². The third-order valence-corrected chi connectivity index (χ3v) is 3.03. The molecule has 0 saturated carbocycles. The Morgan fingerprint density at radius 3 is 2.86 bits per heavy atom. The van der Waals surface area contributed by atoms with Crippen molar-refractivity contribution >= 4 is 29.0 Å². The van der Waals surface area contributed by atoms with E-state index in [1.165, 1.54) is 12.3 Å². The lowest BCUT2D eigenvalue weighted by Gasteiger charge is -2.09. The SMILES string of the molecule is CCNc1ncc(C(=O)Nc2ccccc2C#N)cc1Cl. The van der Waals surface area contributed by atoms with Crippen LogP contribution in [-0.4, -0.2) is 17.4 Å². The summed E-state index contributed by atoms with van der Waals surface area (Å²) in [7, 11) is 0. The van der Waals surface area contributed by atoms with Gasteiger partial charge in [-0.1, -0.05) is 23.7 Å². The van der Waals surface area contributed by atoms with Gasteiger partial charge in [-0.05, 0) is 25.1 Å². The molecule has 0 bridgehead atoms. The van der Waals surface area contributed by atoms with Crippen LogP contribution < -0.4 is 10.6 Å². The van der Waals surface area contributed by atoms with E-state index in [1.807, 2.05) is 13.0 Å². The molecule has 2 aromatic rings. The number of aromatic nitrogens is 1. The van der Waals surface area contributed by atoms with E-state index in [-0.39, 0.29) is 5.91 Å². The topological polar surface area (TPSA) is 77.8 Å². The highest BCUT2D eigenvalue weighted by Crippen LogP contribution is 2.21. The summed E-state index contributed by atoms with van der Waals surface area (Å²) >= 11 is 6.06. The molecule has 0 radical (unpaired) electrons. The lowest BCUT2D eigenvalue weighted by molar-refractivity contribution is 0.102. The Morgan fingerprint density at radius 2 is 2.19 bits per heavy atom. The highest BCUT2D eigenvalue weighted by molar-refractivity contribution is 6.33. The molecule has 106 valence electrons. The number of rotatable bonds is 4. The van der Waals surface area contributed by atoms with Crippen LogP contribution in [0.15, 0.2) is 36.5 Å². The molecule has 2 N–H and O–H groups in total. The molecule has 1 aromatic carbocycles. The van der Waals surface area contributed by atoms with Crippen molar-refractivity contribution in [1.82, 2.24) is 4.98 Å². The summed E-state index contributed by atoms with van der Waals surface area (Å²) in [4.78, 5) is 16.3. The Kier molecular flexibility index (Phi) is 4.75. The summed E-state index contributed by atoms with van der Waals surface area (Å²) in [5.74, 6) is 0.170. The molecule has 5 nitrogen and oxygen atoms in total. The van der Waals surface area contributed by atoms with Crippen LogP contribution in [0.2, 0.25) is 5.02 Å². The largest absolute Gasteiger partial charge is 0.369 e. The van der Waals surface area contributed by atoms with Crippen molar-refractivity contribution in [3.05, 3.63) is 52.7 Å². The average molecular weight is 301 g/mol. The minimum Gasteiger partial charge on any atom is -0.369 e. The van der Waals surface area contributed by atoms with Crippen LogP contribution in [0.4, 0.5) is 11.5 Å². The van der Waals surface area contributed by atoms with Gasteiger partial charge in [0.2, 0.25) is 0 Å². The second-order valence-electron chi connectivity index (χ2n) is 4.20. The number of anilines is 2. The summed E-state index contributed by atoms with van der Waals surface area (Å²) in [5, 5.41) is 15.0. The first-order valence-electron chi connectivity index (χ1n) is 6.35. The van der Waals surface area contributed by atoms with Crippen LogP contribution in [0, 0.1) is 11.3 Å². The predicted molar refractivity (Wildman–Crippen MR) is 82.5 cm³/mol. The Hall–Kier alpha value is -2.58. The molecule has 1 aromatic heterocycles. The molecule has 0 fully saturated rings. The molecule has 0 aliphatic carbocycles. The smallest absolute Gasteiger partial charge is 0.257 e. The van der Waals surface area contributed by atoms with Gasteiger partial charge in [-0.2, -0.15) is 5.26 Å². The predicted octanol–water partition coefficient (Wildman–Crippen LogP) is 3.29. The van der Waals surface area contributed by atoms with E-state index in [0.29, 0.717) is 34.2 Å². The van der Waals surface area contributed by atoms with Crippen molar-refractivity contribution in [2.24, 2.45) is 0 Å². The van der Waals surface area contributed by atoms with Gasteiger partial charge in [0.15, 0.2) is 0 Å². The Balaban J connectivity index is 2.21. The fourth-order valence-electron chi connectivity index (χ4n) is 1.74. The van der Waals surface area contributed by atoms with Gasteiger partial charge >= 0.3 is 0 Å². The summed E-state index contributed by atoms with van der Waals surface area (Å²) in [6.45, 7) is 2.62. The van der Waals surface area contributed by atoms with Gasteiger partial charge in [-0.15, -0.1) is 0 Å². The standard InChI is InChI=1S/C15H13ClN4O/c1-2-18-14-12(16)7-11(9-19-14)15(21)20-13-6-4-3-5-10(13)8-17/h3-7,9H,2H2,1H3,(H,18,19)(H,20,21). The summed E-state index contributed by atoms with van der Waals surface area (Å²) in [5.41, 5.74) is 1.18. The second kappa shape index (κ2) is 6.73. The Bertz CT molecular complexity index is 709. The van der Waals surface area contributed by atoms with E-state index < -0.39 is 0 Å². The number of pyridine rings is 1. The highest BCUT2D eigenvalue weighted by atomic mass is 35.5. The van der Waals surface area contributed by atoms with Gasteiger partial charge in [0, 0.05) is 12.7 Å². The third-order valence-electron chi connectivity index (χ3n) is 2.74. The monoisotopic (exact) mass is 300 g/mol. The number of nitrogens with zero attached hydrogens (tertiary/aromatic N) is 2. The van der Waals surface area contributed by atoms with E-state index in [1.54, 1.807) is 24.3 Å². The highest BCUT2D eigenvalue weighted by Gasteiger charge is 2.11. The van der Waals surface area contributed by atoms with Crippen molar-refractivity contribution < 1.29 is 4.79 Å².